The van der Waals surface area contributed by atoms with Gasteiger partial charge in [0.2, 0.25) is 11.8 Å². The first-order valence-corrected chi connectivity index (χ1v) is 25.9. The van der Waals surface area contributed by atoms with Crippen molar-refractivity contribution in [1.82, 2.24) is 28.7 Å². The summed E-state index contributed by atoms with van der Waals surface area (Å²) >= 11 is 3.31. The van der Waals surface area contributed by atoms with E-state index in [0.29, 0.717) is 11.1 Å². The summed E-state index contributed by atoms with van der Waals surface area (Å²) in [7, 11) is -8.22. The van der Waals surface area contributed by atoms with E-state index < -0.39 is 81.6 Å². The number of ketones is 3. The Balaban J connectivity index is 1.57. The molecule has 0 bridgehead atoms. The van der Waals surface area contributed by atoms with Crippen molar-refractivity contribution in [3.05, 3.63) is 71.8 Å². The molecule has 2 aromatic carbocycles. The van der Waals surface area contributed by atoms with Crippen LogP contribution < -0.4 is 20.1 Å². The molecule has 0 saturated carbocycles. The monoisotopic (exact) mass is 1130 g/mol. The van der Waals surface area contributed by atoms with Gasteiger partial charge >= 0.3 is 0 Å². The molecular formula is C41H58I2N6O11S2. The second-order valence-electron chi connectivity index (χ2n) is 16.1. The molecule has 2 fully saturated rings. The molecule has 2 aliphatic rings. The number of nitrogens with one attached hydrogen (secondary N) is 4. The average Bonchev–Trinajstić information content (AvgIpc) is 3.25. The lowest BCUT2D eigenvalue weighted by molar-refractivity contribution is -0.133. The van der Waals surface area contributed by atoms with Gasteiger partial charge in [0.05, 0.1) is 38.5 Å². The lowest BCUT2D eigenvalue weighted by Gasteiger charge is -2.30. The minimum atomic E-state index is -4.11. The predicted molar refractivity (Wildman–Crippen MR) is 250 cm³/mol. The fourth-order valence-corrected chi connectivity index (χ4v) is 11.9. The van der Waals surface area contributed by atoms with Crippen molar-refractivity contribution < 1.29 is 50.3 Å². The van der Waals surface area contributed by atoms with Crippen LogP contribution in [0.5, 0.6) is 0 Å². The highest BCUT2D eigenvalue weighted by atomic mass is 127. The third-order valence-corrected chi connectivity index (χ3v) is 15.8. The normalized spacial score (nSPS) is 18.6. The van der Waals surface area contributed by atoms with E-state index in [1.165, 1.54) is 8.61 Å². The highest BCUT2D eigenvalue weighted by Crippen LogP contribution is 2.21. The zero-order valence-electron chi connectivity index (χ0n) is 35.3. The largest absolute Gasteiger partial charge is 0.379 e. The molecule has 17 nitrogen and oxygen atoms in total. The van der Waals surface area contributed by atoms with E-state index in [1.807, 2.05) is 27.7 Å². The van der Waals surface area contributed by atoms with Gasteiger partial charge in [0.25, 0.3) is 20.4 Å². The fourth-order valence-electron chi connectivity index (χ4n) is 6.89. The molecule has 0 aliphatic carbocycles. The average molecular weight is 1130 g/mol. The first kappa shape index (κ1) is 52.1. The van der Waals surface area contributed by atoms with E-state index in [1.54, 1.807) is 106 Å². The van der Waals surface area contributed by atoms with Crippen LogP contribution >= 0.6 is 45.2 Å². The van der Waals surface area contributed by atoms with E-state index >= 15 is 0 Å². The number of amides is 2. The number of ether oxygens (including phenoxy) is 2. The molecule has 2 aliphatic heterocycles. The Bertz CT molecular complexity index is 1890. The molecule has 4 rings (SSSR count). The molecular weight excluding hydrogens is 1070 g/mol. The number of rotatable bonds is 24. The van der Waals surface area contributed by atoms with Gasteiger partial charge in [0, 0.05) is 26.2 Å². The van der Waals surface area contributed by atoms with Gasteiger partial charge in [-0.1, -0.05) is 134 Å². The fraction of sp³-hybridized carbons (Fsp3) is 0.585. The van der Waals surface area contributed by atoms with E-state index in [2.05, 4.69) is 20.1 Å². The number of halogens is 2. The van der Waals surface area contributed by atoms with Crippen molar-refractivity contribution in [1.29, 1.82) is 0 Å². The van der Waals surface area contributed by atoms with E-state index in [0.717, 1.165) is 0 Å². The number of hydrogen-bond acceptors (Lipinski definition) is 11. The third-order valence-electron chi connectivity index (χ3n) is 10.1. The van der Waals surface area contributed by atoms with Crippen molar-refractivity contribution in [2.45, 2.75) is 85.4 Å². The number of morpholine rings is 2. The summed E-state index contributed by atoms with van der Waals surface area (Å²) in [6, 6.07) is 12.5. The lowest BCUT2D eigenvalue weighted by Crippen LogP contribution is -2.58. The molecule has 2 unspecified atom stereocenters. The summed E-state index contributed by atoms with van der Waals surface area (Å²) in [6.07, 6.45) is 0.152. The Hall–Kier alpha value is -2.49. The lowest BCUT2D eigenvalue weighted by atomic mass is 9.94. The standard InChI is InChI=1S/C41H58I2N6O11S2/c1-27(2)23-33(46-61(55,56)48-15-19-59-20-16-48)40(53)44-31(25-29-11-7-5-8-12-29)37(50)35(42)39(52)36(43)38(51)32(26-30-13-9-6-10-14-30)45-41(54)34(24-28(3)4)47-62(57,58)49-17-21-60-22-18-49/h5-14,27-28,31-36,46-47H,15-26H2,1-4H3,(H,44,53)(H,45,54)/t31-,32-,33-,34-,35?,36?/m0/s1. The van der Waals surface area contributed by atoms with Crippen LogP contribution in [0.4, 0.5) is 0 Å². The van der Waals surface area contributed by atoms with Crippen LogP contribution in [0.3, 0.4) is 0 Å². The topological polar surface area (TPSA) is 227 Å². The minimum absolute atomic E-state index is 0.0348. The number of nitrogens with zero attached hydrogens (tertiary/aromatic N) is 2. The second-order valence-corrected chi connectivity index (χ2v) is 22.0. The van der Waals surface area contributed by atoms with Gasteiger partial charge in [-0.15, -0.1) is 0 Å². The molecule has 0 spiro atoms. The molecule has 6 atom stereocenters. The molecule has 2 heterocycles. The zero-order valence-corrected chi connectivity index (χ0v) is 41.3. The van der Waals surface area contributed by atoms with Gasteiger partial charge in [-0.3, -0.25) is 24.0 Å². The van der Waals surface area contributed by atoms with Crippen molar-refractivity contribution in [3.63, 3.8) is 0 Å². The maximum absolute atomic E-state index is 14.4. The Kier molecular flexibility index (Phi) is 20.8. The molecule has 2 aromatic rings. The summed E-state index contributed by atoms with van der Waals surface area (Å²) in [5.74, 6) is -3.96. The van der Waals surface area contributed by atoms with Crippen molar-refractivity contribution in [3.8, 4) is 0 Å². The van der Waals surface area contributed by atoms with Crippen LogP contribution in [-0.2, 0) is 66.7 Å². The molecule has 62 heavy (non-hydrogen) atoms. The molecule has 4 N–H and O–H groups in total. The smallest absolute Gasteiger partial charge is 0.280 e. The van der Waals surface area contributed by atoms with Crippen LogP contribution in [0.2, 0.25) is 0 Å². The van der Waals surface area contributed by atoms with Gasteiger partial charge in [0.15, 0.2) is 17.3 Å². The van der Waals surface area contributed by atoms with Crippen LogP contribution in [0, 0.1) is 11.8 Å². The second kappa shape index (κ2) is 24.7. The van der Waals surface area contributed by atoms with Crippen LogP contribution in [0.15, 0.2) is 60.7 Å². The number of carbonyl (C=O) groups excluding carboxylic acids is 5. The van der Waals surface area contributed by atoms with Gasteiger partial charge < -0.3 is 20.1 Å². The predicted octanol–water partition coefficient (Wildman–Crippen LogP) is 1.92. The molecule has 0 aromatic heterocycles. The van der Waals surface area contributed by atoms with Crippen molar-refractivity contribution in [2.75, 3.05) is 52.6 Å². The summed E-state index contributed by atoms with van der Waals surface area (Å²) in [5.41, 5.74) is 1.31. The zero-order chi connectivity index (χ0) is 45.6. The molecule has 2 amide bonds. The first-order chi connectivity index (χ1) is 29.3. The first-order valence-electron chi connectivity index (χ1n) is 20.6. The summed E-state index contributed by atoms with van der Waals surface area (Å²) in [4.78, 5) is 70.9. The number of hydrogen-bond donors (Lipinski definition) is 4. The van der Waals surface area contributed by atoms with Gasteiger partial charge in [0.1, 0.15) is 19.9 Å². The summed E-state index contributed by atoms with van der Waals surface area (Å²) < 4.78 is 68.5. The SMILES string of the molecule is CC(C)C[C@H](NS(=O)(=O)N1CCOCC1)C(=O)N[C@@H](Cc1ccccc1)C(=O)C(I)C(=O)C(I)C(=O)[C@H](Cc1ccccc1)NC(=O)[C@H](CC(C)C)NS(=O)(=O)N1CCOCC1. The number of alkyl halides is 2. The van der Waals surface area contributed by atoms with Crippen molar-refractivity contribution >= 4 is 94.8 Å². The highest BCUT2D eigenvalue weighted by Gasteiger charge is 2.41. The quantitative estimate of drug-likeness (QED) is 0.0675. The van der Waals surface area contributed by atoms with Gasteiger partial charge in [-0.2, -0.15) is 34.9 Å². The Morgan fingerprint density at radius 1 is 0.548 bits per heavy atom. The van der Waals surface area contributed by atoms with Crippen molar-refractivity contribution in [2.24, 2.45) is 11.8 Å². The summed E-state index contributed by atoms with van der Waals surface area (Å²) in [6.45, 7) is 8.56. The number of Topliss-reactive ketones (excluding diaryl/α,β-unsaturated/α-hetero) is 3. The Labute approximate surface area is 392 Å². The van der Waals surface area contributed by atoms with E-state index in [9.17, 15) is 40.8 Å². The summed E-state index contributed by atoms with van der Waals surface area (Å²) in [5, 5.41) is 5.45. The molecule has 2 saturated heterocycles. The van der Waals surface area contributed by atoms with Crippen LogP contribution in [0.25, 0.3) is 0 Å². The number of carbonyl (C=O) groups is 5. The van der Waals surface area contributed by atoms with Crippen LogP contribution in [0.1, 0.15) is 51.7 Å². The van der Waals surface area contributed by atoms with E-state index in [-0.39, 0.29) is 90.1 Å². The maximum atomic E-state index is 14.4. The molecule has 344 valence electrons. The third kappa shape index (κ3) is 15.9. The Morgan fingerprint density at radius 3 is 1.18 bits per heavy atom. The highest BCUT2D eigenvalue weighted by molar-refractivity contribution is 14.1. The maximum Gasteiger partial charge on any atom is 0.280 e. The minimum Gasteiger partial charge on any atom is -0.379 e. The number of benzene rings is 2. The van der Waals surface area contributed by atoms with Gasteiger partial charge in [-0.25, -0.2) is 0 Å². The van der Waals surface area contributed by atoms with E-state index in [4.69, 9.17) is 9.47 Å². The van der Waals surface area contributed by atoms with Gasteiger partial charge in [-0.05, 0) is 48.6 Å². The molecule has 0 radical (unpaired) electrons. The Morgan fingerprint density at radius 2 is 0.871 bits per heavy atom. The van der Waals surface area contributed by atoms with Crippen LogP contribution in [-0.4, -0.2) is 139 Å². The molecule has 21 heteroatoms.